The second kappa shape index (κ2) is 8.18. The number of hydrogen-bond donors (Lipinski definition) is 2. The predicted molar refractivity (Wildman–Crippen MR) is 109 cm³/mol. The maximum atomic E-state index is 12.4. The highest BCUT2D eigenvalue weighted by molar-refractivity contribution is 6.34. The zero-order valence-corrected chi connectivity index (χ0v) is 16.3. The van der Waals surface area contributed by atoms with Gasteiger partial charge in [0.15, 0.2) is 0 Å². The Morgan fingerprint density at radius 1 is 1.04 bits per heavy atom. The van der Waals surface area contributed by atoms with Crippen molar-refractivity contribution in [2.75, 3.05) is 10.6 Å². The molecule has 0 saturated heterocycles. The third kappa shape index (κ3) is 4.83. The van der Waals surface area contributed by atoms with Gasteiger partial charge < -0.3 is 10.6 Å². The van der Waals surface area contributed by atoms with Crippen LogP contribution in [0.5, 0.6) is 0 Å². The molecule has 3 rings (SSSR count). The lowest BCUT2D eigenvalue weighted by molar-refractivity contribution is 0.102. The molecule has 27 heavy (non-hydrogen) atoms. The topological polar surface area (TPSA) is 66.9 Å². The van der Waals surface area contributed by atoms with Crippen molar-refractivity contribution in [3.05, 3.63) is 81.8 Å². The third-order valence-corrected chi connectivity index (χ3v) is 4.41. The summed E-state index contributed by atoms with van der Waals surface area (Å²) in [6, 6.07) is 12.0. The third-order valence-electron chi connectivity index (χ3n) is 4.11. The van der Waals surface area contributed by atoms with Gasteiger partial charge in [-0.05, 0) is 43.5 Å². The first-order valence-electron chi connectivity index (χ1n) is 8.62. The standard InChI is InChI=1S/C21H21ClN4O/c1-13-5-4-6-16(8-13)10-24-19-12-23-18(11-25-19)21(27)26-20-15(3)7-14(2)9-17(20)22/h4-9,11-12H,10H2,1-3H3,(H,24,25)(H,26,27). The first-order chi connectivity index (χ1) is 12.9. The summed E-state index contributed by atoms with van der Waals surface area (Å²) in [4.78, 5) is 20.9. The van der Waals surface area contributed by atoms with Crippen LogP contribution in [-0.4, -0.2) is 15.9 Å². The van der Waals surface area contributed by atoms with Crippen molar-refractivity contribution < 1.29 is 4.79 Å². The van der Waals surface area contributed by atoms with Gasteiger partial charge in [-0.2, -0.15) is 0 Å². The molecule has 0 aliphatic heterocycles. The molecule has 1 heterocycles. The molecule has 6 heteroatoms. The maximum Gasteiger partial charge on any atom is 0.275 e. The molecule has 0 unspecified atom stereocenters. The monoisotopic (exact) mass is 380 g/mol. The normalized spacial score (nSPS) is 10.5. The van der Waals surface area contributed by atoms with Gasteiger partial charge in [-0.3, -0.25) is 4.79 Å². The Bertz CT molecular complexity index is 947. The van der Waals surface area contributed by atoms with Crippen molar-refractivity contribution in [1.29, 1.82) is 0 Å². The molecule has 0 bridgehead atoms. The van der Waals surface area contributed by atoms with E-state index in [4.69, 9.17) is 11.6 Å². The fourth-order valence-electron chi connectivity index (χ4n) is 2.80. The summed E-state index contributed by atoms with van der Waals surface area (Å²) in [5, 5.41) is 6.52. The second-order valence-corrected chi connectivity index (χ2v) is 6.93. The second-order valence-electron chi connectivity index (χ2n) is 6.52. The number of nitrogens with one attached hydrogen (secondary N) is 2. The zero-order chi connectivity index (χ0) is 19.4. The number of anilines is 2. The Hall–Kier alpha value is -2.92. The van der Waals surface area contributed by atoms with Crippen molar-refractivity contribution in [3.8, 4) is 0 Å². The number of rotatable bonds is 5. The Labute approximate surface area is 163 Å². The number of halogens is 1. The molecule has 5 nitrogen and oxygen atoms in total. The Morgan fingerprint density at radius 3 is 2.52 bits per heavy atom. The van der Waals surface area contributed by atoms with Crippen molar-refractivity contribution in [2.45, 2.75) is 27.3 Å². The van der Waals surface area contributed by atoms with E-state index in [1.165, 1.54) is 11.8 Å². The average Bonchev–Trinajstić information content (AvgIpc) is 2.63. The lowest BCUT2D eigenvalue weighted by Crippen LogP contribution is -2.15. The zero-order valence-electron chi connectivity index (χ0n) is 15.5. The summed E-state index contributed by atoms with van der Waals surface area (Å²) in [5.74, 6) is 0.263. The molecule has 0 radical (unpaired) electrons. The van der Waals surface area contributed by atoms with Crippen LogP contribution >= 0.6 is 11.6 Å². The van der Waals surface area contributed by atoms with Crippen molar-refractivity contribution in [2.24, 2.45) is 0 Å². The van der Waals surface area contributed by atoms with E-state index in [2.05, 4.69) is 39.7 Å². The lowest BCUT2D eigenvalue weighted by Gasteiger charge is -2.11. The van der Waals surface area contributed by atoms with E-state index in [0.717, 1.165) is 16.7 Å². The number of aryl methyl sites for hydroxylation is 3. The van der Waals surface area contributed by atoms with Crippen LogP contribution in [-0.2, 0) is 6.54 Å². The highest BCUT2D eigenvalue weighted by atomic mass is 35.5. The lowest BCUT2D eigenvalue weighted by atomic mass is 10.1. The number of amides is 1. The molecular formula is C21H21ClN4O. The average molecular weight is 381 g/mol. The summed E-state index contributed by atoms with van der Waals surface area (Å²) in [6.07, 6.45) is 3.00. The van der Waals surface area contributed by atoms with Crippen LogP contribution in [0.4, 0.5) is 11.5 Å². The molecule has 2 aromatic carbocycles. The molecular weight excluding hydrogens is 360 g/mol. The fourth-order valence-corrected chi connectivity index (χ4v) is 3.17. The SMILES string of the molecule is Cc1cccc(CNc2cnc(C(=O)Nc3c(C)cc(C)cc3Cl)cn2)c1. The quantitative estimate of drug-likeness (QED) is 0.659. The Balaban J connectivity index is 1.65. The van der Waals surface area contributed by atoms with Crippen molar-refractivity contribution in [3.63, 3.8) is 0 Å². The molecule has 138 valence electrons. The maximum absolute atomic E-state index is 12.4. The van der Waals surface area contributed by atoms with Gasteiger partial charge in [0.2, 0.25) is 0 Å². The van der Waals surface area contributed by atoms with Crippen molar-refractivity contribution in [1.82, 2.24) is 9.97 Å². The first-order valence-corrected chi connectivity index (χ1v) is 9.00. The number of carbonyl (C=O) groups excluding carboxylic acids is 1. The summed E-state index contributed by atoms with van der Waals surface area (Å²) >= 11 is 6.24. The molecule has 1 aromatic heterocycles. The molecule has 1 amide bonds. The number of carbonyl (C=O) groups is 1. The highest BCUT2D eigenvalue weighted by Gasteiger charge is 2.13. The first kappa shape index (κ1) is 18.9. The van der Waals surface area contributed by atoms with Gasteiger partial charge in [-0.1, -0.05) is 47.5 Å². The van der Waals surface area contributed by atoms with Gasteiger partial charge in [0.25, 0.3) is 5.91 Å². The van der Waals surface area contributed by atoms with Gasteiger partial charge >= 0.3 is 0 Å². The summed E-state index contributed by atoms with van der Waals surface area (Å²) in [6.45, 7) is 6.55. The minimum Gasteiger partial charge on any atom is -0.365 e. The van der Waals surface area contributed by atoms with Gasteiger partial charge in [0.1, 0.15) is 11.5 Å². The molecule has 0 aliphatic rings. The van der Waals surface area contributed by atoms with Gasteiger partial charge in [-0.25, -0.2) is 9.97 Å². The van der Waals surface area contributed by atoms with Crippen LogP contribution in [0.25, 0.3) is 0 Å². The van der Waals surface area contributed by atoms with Crippen molar-refractivity contribution >= 4 is 29.0 Å². The van der Waals surface area contributed by atoms with E-state index in [1.807, 2.05) is 38.1 Å². The van der Waals surface area contributed by atoms with Crippen LogP contribution in [0.1, 0.15) is 32.7 Å². The van der Waals surface area contributed by atoms with E-state index in [1.54, 1.807) is 6.20 Å². The van der Waals surface area contributed by atoms with E-state index >= 15 is 0 Å². The van der Waals surface area contributed by atoms with Gasteiger partial charge in [0, 0.05) is 6.54 Å². The van der Waals surface area contributed by atoms with E-state index < -0.39 is 0 Å². The molecule has 3 aromatic rings. The minimum absolute atomic E-state index is 0.229. The molecule has 0 fully saturated rings. The molecule has 0 spiro atoms. The Kier molecular flexibility index (Phi) is 5.72. The molecule has 2 N–H and O–H groups in total. The number of benzene rings is 2. The molecule has 0 aliphatic carbocycles. The highest BCUT2D eigenvalue weighted by Crippen LogP contribution is 2.27. The van der Waals surface area contributed by atoms with Crippen LogP contribution in [0.15, 0.2) is 48.8 Å². The number of aromatic nitrogens is 2. The summed E-state index contributed by atoms with van der Waals surface area (Å²) in [5.41, 5.74) is 5.13. The Morgan fingerprint density at radius 2 is 1.85 bits per heavy atom. The minimum atomic E-state index is -0.346. The molecule has 0 atom stereocenters. The number of nitrogens with zero attached hydrogens (tertiary/aromatic N) is 2. The van der Waals surface area contributed by atoms with Gasteiger partial charge in [0.05, 0.1) is 23.1 Å². The largest absolute Gasteiger partial charge is 0.365 e. The van der Waals surface area contributed by atoms with Gasteiger partial charge in [-0.15, -0.1) is 0 Å². The summed E-state index contributed by atoms with van der Waals surface area (Å²) < 4.78 is 0. The van der Waals surface area contributed by atoms with Crippen LogP contribution in [0.2, 0.25) is 5.02 Å². The van der Waals surface area contributed by atoms with Crippen LogP contribution in [0, 0.1) is 20.8 Å². The van der Waals surface area contributed by atoms with Crippen LogP contribution in [0.3, 0.4) is 0 Å². The van der Waals surface area contributed by atoms with E-state index in [-0.39, 0.29) is 11.6 Å². The van der Waals surface area contributed by atoms with E-state index in [0.29, 0.717) is 23.1 Å². The number of hydrogen-bond acceptors (Lipinski definition) is 4. The summed E-state index contributed by atoms with van der Waals surface area (Å²) in [7, 11) is 0. The van der Waals surface area contributed by atoms with E-state index in [9.17, 15) is 4.79 Å². The molecule has 0 saturated carbocycles. The smallest absolute Gasteiger partial charge is 0.275 e. The fraction of sp³-hybridized carbons (Fsp3) is 0.190. The van der Waals surface area contributed by atoms with Crippen LogP contribution < -0.4 is 10.6 Å². The predicted octanol–water partition coefficient (Wildman–Crippen LogP) is 4.92.